The van der Waals surface area contributed by atoms with Gasteiger partial charge in [-0.3, -0.25) is 4.90 Å². The number of rotatable bonds is 7. The molecule has 1 aliphatic rings. The van der Waals surface area contributed by atoms with Gasteiger partial charge in [0.15, 0.2) is 0 Å². The van der Waals surface area contributed by atoms with Crippen LogP contribution >= 0.6 is 0 Å². The molecule has 0 aromatic heterocycles. The van der Waals surface area contributed by atoms with Crippen LogP contribution in [-0.4, -0.2) is 49.8 Å². The lowest BCUT2D eigenvalue weighted by Gasteiger charge is -2.40. The third kappa shape index (κ3) is 4.49. The molecule has 0 unspecified atom stereocenters. The van der Waals surface area contributed by atoms with Crippen LogP contribution in [0.5, 0.6) is 0 Å². The molecule has 1 aliphatic heterocycles. The van der Waals surface area contributed by atoms with E-state index in [0.717, 1.165) is 38.8 Å². The zero-order valence-corrected chi connectivity index (χ0v) is 10.6. The summed E-state index contributed by atoms with van der Waals surface area (Å²) in [6.45, 7) is 14.2. The van der Waals surface area contributed by atoms with Crippen LogP contribution in [0.2, 0.25) is 0 Å². The van der Waals surface area contributed by atoms with E-state index in [0.29, 0.717) is 12.1 Å². The zero-order valence-electron chi connectivity index (χ0n) is 10.6. The van der Waals surface area contributed by atoms with Crippen LogP contribution in [0.4, 0.5) is 0 Å². The van der Waals surface area contributed by atoms with Gasteiger partial charge in [-0.15, -0.1) is 0 Å². The van der Waals surface area contributed by atoms with E-state index in [2.05, 4.69) is 37.9 Å². The lowest BCUT2D eigenvalue weighted by molar-refractivity contribution is -0.0744. The molecule has 3 nitrogen and oxygen atoms in total. The van der Waals surface area contributed by atoms with Gasteiger partial charge in [-0.25, -0.2) is 0 Å². The van der Waals surface area contributed by atoms with Crippen LogP contribution in [0.3, 0.4) is 0 Å². The number of nitrogens with one attached hydrogen (secondary N) is 1. The minimum absolute atomic E-state index is 0.625. The Morgan fingerprint density at radius 1 is 1.27 bits per heavy atom. The highest BCUT2D eigenvalue weighted by Crippen LogP contribution is 2.12. The van der Waals surface area contributed by atoms with Crippen molar-refractivity contribution in [1.82, 2.24) is 10.2 Å². The highest BCUT2D eigenvalue weighted by molar-refractivity contribution is 4.80. The van der Waals surface area contributed by atoms with Crippen molar-refractivity contribution < 1.29 is 4.74 Å². The van der Waals surface area contributed by atoms with Gasteiger partial charge in [0.05, 0.1) is 19.3 Å². The van der Waals surface area contributed by atoms with Gasteiger partial charge in [0.1, 0.15) is 0 Å². The largest absolute Gasteiger partial charge is 0.378 e. The summed E-state index contributed by atoms with van der Waals surface area (Å²) in [5.41, 5.74) is 0. The molecule has 0 aliphatic carbocycles. The average Bonchev–Trinajstić information content (AvgIpc) is 2.06. The Labute approximate surface area is 94.2 Å². The molecule has 0 aromatic rings. The quantitative estimate of drug-likeness (QED) is 0.647. The second-order valence-electron chi connectivity index (χ2n) is 5.12. The SMILES string of the molecule is CC(C)CNCCN(C(C)C)C1COC1. The maximum Gasteiger partial charge on any atom is 0.0645 e. The van der Waals surface area contributed by atoms with E-state index in [4.69, 9.17) is 4.74 Å². The molecule has 1 fully saturated rings. The standard InChI is InChI=1S/C12H26N2O/c1-10(2)7-13-5-6-14(11(3)4)12-8-15-9-12/h10-13H,5-9H2,1-4H3. The molecule has 15 heavy (non-hydrogen) atoms. The predicted molar refractivity (Wildman–Crippen MR) is 64.2 cm³/mol. The van der Waals surface area contributed by atoms with Gasteiger partial charge >= 0.3 is 0 Å². The first kappa shape index (κ1) is 12.9. The molecule has 0 saturated carbocycles. The lowest BCUT2D eigenvalue weighted by Crippen LogP contribution is -2.53. The van der Waals surface area contributed by atoms with Crippen LogP contribution in [-0.2, 0) is 4.74 Å². The minimum atomic E-state index is 0.625. The molecule has 0 spiro atoms. The monoisotopic (exact) mass is 214 g/mol. The van der Waals surface area contributed by atoms with Crippen LogP contribution < -0.4 is 5.32 Å². The van der Waals surface area contributed by atoms with Gasteiger partial charge in [-0.05, 0) is 26.3 Å². The molecule has 0 atom stereocenters. The Hall–Kier alpha value is -0.120. The normalized spacial score (nSPS) is 17.8. The highest BCUT2D eigenvalue weighted by Gasteiger charge is 2.27. The average molecular weight is 214 g/mol. The Morgan fingerprint density at radius 3 is 2.33 bits per heavy atom. The van der Waals surface area contributed by atoms with Gasteiger partial charge in [-0.1, -0.05) is 13.8 Å². The summed E-state index contributed by atoms with van der Waals surface area (Å²) in [7, 11) is 0. The maximum atomic E-state index is 5.25. The summed E-state index contributed by atoms with van der Waals surface area (Å²) in [6, 6.07) is 1.28. The highest BCUT2D eigenvalue weighted by atomic mass is 16.5. The number of hydrogen-bond acceptors (Lipinski definition) is 3. The van der Waals surface area contributed by atoms with Crippen molar-refractivity contribution in [2.75, 3.05) is 32.8 Å². The fourth-order valence-corrected chi connectivity index (χ4v) is 1.88. The van der Waals surface area contributed by atoms with Crippen molar-refractivity contribution in [1.29, 1.82) is 0 Å². The Balaban J connectivity index is 2.14. The Morgan fingerprint density at radius 2 is 1.93 bits per heavy atom. The maximum absolute atomic E-state index is 5.25. The van der Waals surface area contributed by atoms with Crippen molar-refractivity contribution in [3.63, 3.8) is 0 Å². The summed E-state index contributed by atoms with van der Waals surface area (Å²) in [5.74, 6) is 0.740. The molecule has 0 radical (unpaired) electrons. The third-order valence-electron chi connectivity index (χ3n) is 2.85. The predicted octanol–water partition coefficient (Wildman–Crippen LogP) is 1.34. The number of hydrogen-bond donors (Lipinski definition) is 1. The van der Waals surface area contributed by atoms with E-state index >= 15 is 0 Å². The molecule has 1 heterocycles. The van der Waals surface area contributed by atoms with Crippen LogP contribution in [0.25, 0.3) is 0 Å². The summed E-state index contributed by atoms with van der Waals surface area (Å²) in [4.78, 5) is 2.54. The van der Waals surface area contributed by atoms with E-state index < -0.39 is 0 Å². The number of nitrogens with zero attached hydrogens (tertiary/aromatic N) is 1. The summed E-state index contributed by atoms with van der Waals surface area (Å²) in [5, 5.41) is 3.49. The Bertz CT molecular complexity index is 167. The molecule has 1 saturated heterocycles. The minimum Gasteiger partial charge on any atom is -0.378 e. The van der Waals surface area contributed by atoms with Crippen LogP contribution in [0.15, 0.2) is 0 Å². The second kappa shape index (κ2) is 6.46. The van der Waals surface area contributed by atoms with E-state index in [-0.39, 0.29) is 0 Å². The topological polar surface area (TPSA) is 24.5 Å². The Kier molecular flexibility index (Phi) is 5.58. The number of ether oxygens (including phenoxy) is 1. The third-order valence-corrected chi connectivity index (χ3v) is 2.85. The van der Waals surface area contributed by atoms with E-state index in [1.54, 1.807) is 0 Å². The van der Waals surface area contributed by atoms with Gasteiger partial charge in [0.25, 0.3) is 0 Å². The van der Waals surface area contributed by atoms with Gasteiger partial charge in [0, 0.05) is 19.1 Å². The zero-order chi connectivity index (χ0) is 11.3. The molecular formula is C12H26N2O. The molecule has 3 heteroatoms. The lowest BCUT2D eigenvalue weighted by atomic mass is 10.1. The molecule has 90 valence electrons. The van der Waals surface area contributed by atoms with Crippen molar-refractivity contribution in [3.05, 3.63) is 0 Å². The molecule has 0 bridgehead atoms. The molecule has 1 N–H and O–H groups in total. The summed E-state index contributed by atoms with van der Waals surface area (Å²) in [6.07, 6.45) is 0. The van der Waals surface area contributed by atoms with Crippen molar-refractivity contribution >= 4 is 0 Å². The first-order valence-corrected chi connectivity index (χ1v) is 6.15. The van der Waals surface area contributed by atoms with Crippen molar-refractivity contribution in [3.8, 4) is 0 Å². The van der Waals surface area contributed by atoms with E-state index in [1.807, 2.05) is 0 Å². The molecule has 0 amide bonds. The second-order valence-corrected chi connectivity index (χ2v) is 5.12. The molecular weight excluding hydrogens is 188 g/mol. The van der Waals surface area contributed by atoms with Crippen molar-refractivity contribution in [2.45, 2.75) is 39.8 Å². The summed E-state index contributed by atoms with van der Waals surface area (Å²) >= 11 is 0. The first-order valence-electron chi connectivity index (χ1n) is 6.15. The van der Waals surface area contributed by atoms with Gasteiger partial charge in [0.2, 0.25) is 0 Å². The van der Waals surface area contributed by atoms with Gasteiger partial charge < -0.3 is 10.1 Å². The fraction of sp³-hybridized carbons (Fsp3) is 1.00. The van der Waals surface area contributed by atoms with E-state index in [9.17, 15) is 0 Å². The molecule has 0 aromatic carbocycles. The smallest absolute Gasteiger partial charge is 0.0645 e. The van der Waals surface area contributed by atoms with E-state index in [1.165, 1.54) is 0 Å². The summed E-state index contributed by atoms with van der Waals surface area (Å²) < 4.78 is 5.25. The van der Waals surface area contributed by atoms with Gasteiger partial charge in [-0.2, -0.15) is 0 Å². The molecule has 1 rings (SSSR count). The first-order chi connectivity index (χ1) is 7.11. The van der Waals surface area contributed by atoms with Crippen LogP contribution in [0.1, 0.15) is 27.7 Å². The fourth-order valence-electron chi connectivity index (χ4n) is 1.88. The van der Waals surface area contributed by atoms with Crippen molar-refractivity contribution in [2.24, 2.45) is 5.92 Å². The van der Waals surface area contributed by atoms with Crippen LogP contribution in [0, 0.1) is 5.92 Å².